The Balaban J connectivity index is 2.38. The van der Waals surface area contributed by atoms with Gasteiger partial charge in [-0.2, -0.15) is 0 Å². The van der Waals surface area contributed by atoms with E-state index in [2.05, 4.69) is 32.9 Å². The summed E-state index contributed by atoms with van der Waals surface area (Å²) in [7, 11) is 1.68. The van der Waals surface area contributed by atoms with Crippen molar-refractivity contribution < 1.29 is 9.47 Å². The minimum absolute atomic E-state index is 0.0491. The minimum Gasteiger partial charge on any atom is -0.497 e. The number of rotatable bonds is 4. The molecule has 15 heavy (non-hydrogen) atoms. The van der Waals surface area contributed by atoms with E-state index in [-0.39, 0.29) is 5.60 Å². The first-order valence-corrected chi connectivity index (χ1v) is 5.28. The van der Waals surface area contributed by atoms with E-state index in [9.17, 15) is 0 Å². The molecular formula is C13H20O2. The van der Waals surface area contributed by atoms with Crippen molar-refractivity contribution in [1.29, 1.82) is 0 Å². The molecule has 2 heteroatoms. The fourth-order valence-corrected chi connectivity index (χ4v) is 1.27. The van der Waals surface area contributed by atoms with Gasteiger partial charge in [0.2, 0.25) is 0 Å². The molecule has 0 saturated carbocycles. The predicted molar refractivity (Wildman–Crippen MR) is 62.4 cm³/mol. The molecule has 0 atom stereocenters. The van der Waals surface area contributed by atoms with Gasteiger partial charge < -0.3 is 9.47 Å². The van der Waals surface area contributed by atoms with Crippen LogP contribution in [0.1, 0.15) is 26.3 Å². The number of benzene rings is 1. The van der Waals surface area contributed by atoms with Crippen molar-refractivity contribution >= 4 is 0 Å². The Labute approximate surface area is 92.2 Å². The fraction of sp³-hybridized carbons (Fsp3) is 0.538. The predicted octanol–water partition coefficient (Wildman–Crippen LogP) is 3.05. The van der Waals surface area contributed by atoms with Crippen LogP contribution in [0.5, 0.6) is 5.75 Å². The van der Waals surface area contributed by atoms with Crippen molar-refractivity contribution in [3.05, 3.63) is 29.8 Å². The second-order valence-corrected chi connectivity index (χ2v) is 4.56. The maximum absolute atomic E-state index is 5.66. The van der Waals surface area contributed by atoms with E-state index in [1.54, 1.807) is 7.11 Å². The van der Waals surface area contributed by atoms with Gasteiger partial charge in [-0.3, -0.25) is 0 Å². The largest absolute Gasteiger partial charge is 0.497 e. The lowest BCUT2D eigenvalue weighted by atomic mass is 10.1. The second kappa shape index (κ2) is 5.17. The molecular weight excluding hydrogens is 188 g/mol. The number of ether oxygens (including phenoxy) is 2. The number of methoxy groups -OCH3 is 1. The van der Waals surface area contributed by atoms with E-state index in [0.29, 0.717) is 0 Å². The molecule has 0 amide bonds. The molecule has 0 aromatic heterocycles. The van der Waals surface area contributed by atoms with Gasteiger partial charge >= 0.3 is 0 Å². The van der Waals surface area contributed by atoms with Gasteiger partial charge in [-0.15, -0.1) is 0 Å². The Morgan fingerprint density at radius 1 is 1.07 bits per heavy atom. The lowest BCUT2D eigenvalue weighted by Gasteiger charge is -2.19. The average Bonchev–Trinajstić information content (AvgIpc) is 2.17. The van der Waals surface area contributed by atoms with E-state index in [1.165, 1.54) is 5.56 Å². The van der Waals surface area contributed by atoms with Crippen LogP contribution >= 0.6 is 0 Å². The van der Waals surface area contributed by atoms with Crippen LogP contribution in [0.15, 0.2) is 24.3 Å². The Morgan fingerprint density at radius 3 is 2.13 bits per heavy atom. The Kier molecular flexibility index (Phi) is 4.15. The number of hydrogen-bond donors (Lipinski definition) is 0. The molecule has 0 bridgehead atoms. The summed E-state index contributed by atoms with van der Waals surface area (Å²) < 4.78 is 10.8. The van der Waals surface area contributed by atoms with Crippen LogP contribution in [0.25, 0.3) is 0 Å². The monoisotopic (exact) mass is 208 g/mol. The molecule has 0 aliphatic rings. The zero-order chi connectivity index (χ0) is 11.3. The molecule has 0 unspecified atom stereocenters. The van der Waals surface area contributed by atoms with Gasteiger partial charge in [0.25, 0.3) is 0 Å². The summed E-state index contributed by atoms with van der Waals surface area (Å²) in [5.41, 5.74) is 1.23. The summed E-state index contributed by atoms with van der Waals surface area (Å²) in [6.45, 7) is 6.97. The van der Waals surface area contributed by atoms with Crippen LogP contribution in [0, 0.1) is 0 Å². The summed E-state index contributed by atoms with van der Waals surface area (Å²) >= 11 is 0. The third-order valence-electron chi connectivity index (χ3n) is 2.08. The highest BCUT2D eigenvalue weighted by molar-refractivity contribution is 5.27. The van der Waals surface area contributed by atoms with E-state index in [4.69, 9.17) is 9.47 Å². The molecule has 0 aliphatic heterocycles. The quantitative estimate of drug-likeness (QED) is 0.757. The Hall–Kier alpha value is -1.02. The Bertz CT molecular complexity index is 282. The zero-order valence-electron chi connectivity index (χ0n) is 10.0. The standard InChI is InChI=1S/C13H20O2/c1-13(2,3)15-10-9-11-5-7-12(14-4)8-6-11/h5-8H,9-10H2,1-4H3. The van der Waals surface area contributed by atoms with E-state index >= 15 is 0 Å². The van der Waals surface area contributed by atoms with Gasteiger partial charge in [-0.05, 0) is 44.9 Å². The van der Waals surface area contributed by atoms with Crippen molar-refractivity contribution in [3.8, 4) is 5.75 Å². The first kappa shape index (κ1) is 12.1. The van der Waals surface area contributed by atoms with E-state index in [1.807, 2.05) is 12.1 Å². The summed E-state index contributed by atoms with van der Waals surface area (Å²) in [6.07, 6.45) is 0.946. The summed E-state index contributed by atoms with van der Waals surface area (Å²) in [5.74, 6) is 0.899. The van der Waals surface area contributed by atoms with Crippen LogP contribution in [-0.2, 0) is 11.2 Å². The molecule has 1 aromatic rings. The summed E-state index contributed by atoms with van der Waals surface area (Å²) in [4.78, 5) is 0. The molecule has 0 radical (unpaired) electrons. The minimum atomic E-state index is -0.0491. The second-order valence-electron chi connectivity index (χ2n) is 4.56. The zero-order valence-corrected chi connectivity index (χ0v) is 10.0. The summed E-state index contributed by atoms with van der Waals surface area (Å²) in [6, 6.07) is 8.11. The van der Waals surface area contributed by atoms with Crippen molar-refractivity contribution in [2.45, 2.75) is 32.8 Å². The Morgan fingerprint density at radius 2 is 1.67 bits per heavy atom. The molecule has 0 heterocycles. The van der Waals surface area contributed by atoms with Crippen LogP contribution in [0.2, 0.25) is 0 Å². The van der Waals surface area contributed by atoms with E-state index < -0.39 is 0 Å². The lowest BCUT2D eigenvalue weighted by Crippen LogP contribution is -2.20. The molecule has 0 fully saturated rings. The third kappa shape index (κ3) is 4.84. The topological polar surface area (TPSA) is 18.5 Å². The van der Waals surface area contributed by atoms with Crippen molar-refractivity contribution in [1.82, 2.24) is 0 Å². The van der Waals surface area contributed by atoms with Gasteiger partial charge in [0.1, 0.15) is 5.75 Å². The molecule has 2 nitrogen and oxygen atoms in total. The third-order valence-corrected chi connectivity index (χ3v) is 2.08. The van der Waals surface area contributed by atoms with Crippen molar-refractivity contribution in [2.75, 3.05) is 13.7 Å². The maximum atomic E-state index is 5.66. The maximum Gasteiger partial charge on any atom is 0.118 e. The molecule has 0 saturated heterocycles. The number of hydrogen-bond acceptors (Lipinski definition) is 2. The molecule has 1 aromatic carbocycles. The van der Waals surface area contributed by atoms with Crippen LogP contribution in [-0.4, -0.2) is 19.3 Å². The molecule has 0 spiro atoms. The fourth-order valence-electron chi connectivity index (χ4n) is 1.27. The molecule has 0 aliphatic carbocycles. The van der Waals surface area contributed by atoms with E-state index in [0.717, 1.165) is 18.8 Å². The first-order chi connectivity index (χ1) is 7.01. The van der Waals surface area contributed by atoms with Crippen LogP contribution in [0.3, 0.4) is 0 Å². The van der Waals surface area contributed by atoms with Crippen LogP contribution < -0.4 is 4.74 Å². The SMILES string of the molecule is COc1ccc(CCOC(C)(C)C)cc1. The van der Waals surface area contributed by atoms with Gasteiger partial charge in [0, 0.05) is 0 Å². The van der Waals surface area contributed by atoms with Gasteiger partial charge in [-0.25, -0.2) is 0 Å². The first-order valence-electron chi connectivity index (χ1n) is 5.28. The average molecular weight is 208 g/mol. The highest BCUT2D eigenvalue weighted by Gasteiger charge is 2.09. The normalized spacial score (nSPS) is 11.5. The molecule has 1 rings (SSSR count). The van der Waals surface area contributed by atoms with Crippen molar-refractivity contribution in [2.24, 2.45) is 0 Å². The highest BCUT2D eigenvalue weighted by Crippen LogP contribution is 2.13. The van der Waals surface area contributed by atoms with Crippen LogP contribution in [0.4, 0.5) is 0 Å². The molecule has 0 N–H and O–H groups in total. The van der Waals surface area contributed by atoms with Crippen molar-refractivity contribution in [3.63, 3.8) is 0 Å². The lowest BCUT2D eigenvalue weighted by molar-refractivity contribution is -0.000980. The summed E-state index contributed by atoms with van der Waals surface area (Å²) in [5, 5.41) is 0. The van der Waals surface area contributed by atoms with Gasteiger partial charge in [-0.1, -0.05) is 12.1 Å². The highest BCUT2D eigenvalue weighted by atomic mass is 16.5. The van der Waals surface area contributed by atoms with Gasteiger partial charge in [0.15, 0.2) is 0 Å². The smallest absolute Gasteiger partial charge is 0.118 e. The molecule has 84 valence electrons. The van der Waals surface area contributed by atoms with Gasteiger partial charge in [0.05, 0.1) is 19.3 Å².